The molecule has 1 aromatic heterocycles. The van der Waals surface area contributed by atoms with E-state index in [1.165, 1.54) is 6.07 Å². The molecule has 122 valence electrons. The summed E-state index contributed by atoms with van der Waals surface area (Å²) in [6.45, 7) is 4.18. The Morgan fingerprint density at radius 2 is 2.04 bits per heavy atom. The molecular weight excluding hydrogens is 302 g/mol. The first-order chi connectivity index (χ1) is 11.0. The van der Waals surface area contributed by atoms with E-state index >= 15 is 0 Å². The van der Waals surface area contributed by atoms with Crippen LogP contribution in [0.15, 0.2) is 16.7 Å². The van der Waals surface area contributed by atoms with Crippen molar-refractivity contribution in [1.82, 2.24) is 5.16 Å². The first-order valence-electron chi connectivity index (χ1n) is 7.67. The van der Waals surface area contributed by atoms with Crippen LogP contribution in [0.3, 0.4) is 0 Å². The van der Waals surface area contributed by atoms with Crippen LogP contribution in [0.25, 0.3) is 0 Å². The summed E-state index contributed by atoms with van der Waals surface area (Å²) in [5, 5.41) is 3.87. The molecule has 0 unspecified atom stereocenters. The van der Waals surface area contributed by atoms with Gasteiger partial charge in [-0.1, -0.05) is 5.16 Å². The predicted octanol–water partition coefficient (Wildman–Crippen LogP) is 3.48. The Balaban J connectivity index is 1.78. The minimum absolute atomic E-state index is 0.100. The number of aromatic nitrogens is 1. The molecule has 2 heterocycles. The Kier molecular flexibility index (Phi) is 4.15. The van der Waals surface area contributed by atoms with E-state index in [1.54, 1.807) is 4.90 Å². The normalized spacial score (nSPS) is 14.0. The number of carbonyl (C=O) groups is 1. The Morgan fingerprint density at radius 3 is 2.74 bits per heavy atom. The third-order valence-electron chi connectivity index (χ3n) is 4.31. The highest BCUT2D eigenvalue weighted by Gasteiger charge is 2.24. The molecule has 0 spiro atoms. The summed E-state index contributed by atoms with van der Waals surface area (Å²) in [5.74, 6) is -1.18. The van der Waals surface area contributed by atoms with Crippen LogP contribution >= 0.6 is 0 Å². The van der Waals surface area contributed by atoms with Gasteiger partial charge < -0.3 is 9.42 Å². The van der Waals surface area contributed by atoms with Gasteiger partial charge in [0.2, 0.25) is 5.91 Å². The fourth-order valence-corrected chi connectivity index (χ4v) is 3.06. The topological polar surface area (TPSA) is 46.3 Å². The third-order valence-corrected chi connectivity index (χ3v) is 4.31. The highest BCUT2D eigenvalue weighted by Crippen LogP contribution is 2.30. The van der Waals surface area contributed by atoms with Crippen LogP contribution in [0.2, 0.25) is 0 Å². The molecule has 4 nitrogen and oxygen atoms in total. The van der Waals surface area contributed by atoms with E-state index < -0.39 is 11.6 Å². The van der Waals surface area contributed by atoms with E-state index in [0.29, 0.717) is 36.4 Å². The highest BCUT2D eigenvalue weighted by molar-refractivity contribution is 5.94. The van der Waals surface area contributed by atoms with Gasteiger partial charge in [-0.3, -0.25) is 4.79 Å². The summed E-state index contributed by atoms with van der Waals surface area (Å²) in [5.41, 5.74) is 2.88. The summed E-state index contributed by atoms with van der Waals surface area (Å²) in [7, 11) is 0. The lowest BCUT2D eigenvalue weighted by atomic mass is 10.00. The summed E-state index contributed by atoms with van der Waals surface area (Å²) in [6, 6.07) is 2.32. The number of anilines is 1. The summed E-state index contributed by atoms with van der Waals surface area (Å²) in [4.78, 5) is 14.1. The van der Waals surface area contributed by atoms with Crippen LogP contribution in [0, 0.1) is 25.5 Å². The van der Waals surface area contributed by atoms with Gasteiger partial charge in [-0.15, -0.1) is 0 Å². The second-order valence-electron chi connectivity index (χ2n) is 5.85. The molecule has 1 aliphatic rings. The van der Waals surface area contributed by atoms with Gasteiger partial charge in [-0.05, 0) is 44.7 Å². The van der Waals surface area contributed by atoms with Crippen LogP contribution in [-0.4, -0.2) is 17.6 Å². The molecule has 0 saturated carbocycles. The van der Waals surface area contributed by atoms with Crippen LogP contribution in [0.1, 0.15) is 35.4 Å². The molecule has 3 rings (SSSR count). The molecule has 0 N–H and O–H groups in total. The molecule has 1 aromatic carbocycles. The largest absolute Gasteiger partial charge is 0.361 e. The minimum atomic E-state index is -0.922. The maximum Gasteiger partial charge on any atom is 0.227 e. The van der Waals surface area contributed by atoms with Gasteiger partial charge in [0, 0.05) is 30.3 Å². The number of aryl methyl sites for hydroxylation is 3. The van der Waals surface area contributed by atoms with Crippen molar-refractivity contribution in [2.75, 3.05) is 11.4 Å². The van der Waals surface area contributed by atoms with E-state index in [2.05, 4.69) is 5.16 Å². The molecular formula is C17H18F2N2O2. The lowest BCUT2D eigenvalue weighted by Gasteiger charge is -2.29. The molecule has 0 saturated heterocycles. The molecule has 0 bridgehead atoms. The quantitative estimate of drug-likeness (QED) is 0.870. The zero-order valence-electron chi connectivity index (χ0n) is 13.2. The average molecular weight is 320 g/mol. The van der Waals surface area contributed by atoms with E-state index in [1.807, 2.05) is 13.8 Å². The molecule has 2 aromatic rings. The van der Waals surface area contributed by atoms with Gasteiger partial charge in [0.05, 0.1) is 5.69 Å². The van der Waals surface area contributed by atoms with Crippen LogP contribution in [0.4, 0.5) is 14.5 Å². The lowest BCUT2D eigenvalue weighted by molar-refractivity contribution is -0.118. The molecule has 23 heavy (non-hydrogen) atoms. The summed E-state index contributed by atoms with van der Waals surface area (Å²) < 4.78 is 32.0. The molecule has 0 atom stereocenters. The van der Waals surface area contributed by atoms with E-state index in [0.717, 1.165) is 23.7 Å². The average Bonchev–Trinajstić information content (AvgIpc) is 2.84. The van der Waals surface area contributed by atoms with Gasteiger partial charge in [0.1, 0.15) is 5.76 Å². The van der Waals surface area contributed by atoms with Gasteiger partial charge in [0.15, 0.2) is 11.6 Å². The minimum Gasteiger partial charge on any atom is -0.361 e. The van der Waals surface area contributed by atoms with Gasteiger partial charge >= 0.3 is 0 Å². The van der Waals surface area contributed by atoms with Gasteiger partial charge in [-0.25, -0.2) is 8.78 Å². The standard InChI is InChI=1S/C17H18F2N2O2/c1-10-13(11(2)23-20-10)5-6-17(22)21-7-3-4-12-8-14(18)15(19)9-16(12)21/h8-9H,3-7H2,1-2H3. The number of halogens is 2. The number of benzene rings is 1. The maximum atomic E-state index is 13.5. The molecule has 0 aliphatic carbocycles. The monoisotopic (exact) mass is 320 g/mol. The molecule has 0 radical (unpaired) electrons. The zero-order valence-corrected chi connectivity index (χ0v) is 13.2. The highest BCUT2D eigenvalue weighted by atomic mass is 19.2. The van der Waals surface area contributed by atoms with Crippen molar-refractivity contribution in [3.8, 4) is 0 Å². The third kappa shape index (κ3) is 2.98. The first kappa shape index (κ1) is 15.6. The number of amides is 1. The van der Waals surface area contributed by atoms with Crippen LogP contribution in [0.5, 0.6) is 0 Å². The van der Waals surface area contributed by atoms with Crippen molar-refractivity contribution in [1.29, 1.82) is 0 Å². The van der Waals surface area contributed by atoms with Crippen molar-refractivity contribution in [3.05, 3.63) is 46.3 Å². The maximum absolute atomic E-state index is 13.5. The zero-order chi connectivity index (χ0) is 16.6. The summed E-state index contributed by atoms with van der Waals surface area (Å²) in [6.07, 6.45) is 2.20. The first-order valence-corrected chi connectivity index (χ1v) is 7.67. The van der Waals surface area contributed by atoms with Gasteiger partial charge in [-0.2, -0.15) is 0 Å². The van der Waals surface area contributed by atoms with E-state index in [9.17, 15) is 13.6 Å². The molecule has 0 fully saturated rings. The van der Waals surface area contributed by atoms with Crippen molar-refractivity contribution >= 4 is 11.6 Å². The smallest absolute Gasteiger partial charge is 0.227 e. The van der Waals surface area contributed by atoms with Crippen molar-refractivity contribution < 1.29 is 18.1 Å². The van der Waals surface area contributed by atoms with Crippen molar-refractivity contribution in [2.45, 2.75) is 39.5 Å². The fourth-order valence-electron chi connectivity index (χ4n) is 3.06. The Morgan fingerprint density at radius 1 is 1.30 bits per heavy atom. The molecule has 1 aliphatic heterocycles. The number of nitrogens with zero attached hydrogens (tertiary/aromatic N) is 2. The lowest BCUT2D eigenvalue weighted by Crippen LogP contribution is -2.35. The summed E-state index contributed by atoms with van der Waals surface area (Å²) >= 11 is 0. The van der Waals surface area contributed by atoms with Gasteiger partial charge in [0.25, 0.3) is 0 Å². The molecule has 6 heteroatoms. The second kappa shape index (κ2) is 6.10. The van der Waals surface area contributed by atoms with Crippen LogP contribution < -0.4 is 4.90 Å². The fraction of sp³-hybridized carbons (Fsp3) is 0.412. The Bertz CT molecular complexity index is 736. The van der Waals surface area contributed by atoms with Crippen LogP contribution in [-0.2, 0) is 17.6 Å². The number of rotatable bonds is 3. The molecule has 1 amide bonds. The Hall–Kier alpha value is -2.24. The van der Waals surface area contributed by atoms with Crippen molar-refractivity contribution in [2.24, 2.45) is 0 Å². The number of hydrogen-bond acceptors (Lipinski definition) is 3. The van der Waals surface area contributed by atoms with E-state index in [4.69, 9.17) is 4.52 Å². The second-order valence-corrected chi connectivity index (χ2v) is 5.85. The number of fused-ring (bicyclic) bond motifs is 1. The number of carbonyl (C=O) groups excluding carboxylic acids is 1. The Labute approximate surface area is 133 Å². The van der Waals surface area contributed by atoms with Crippen molar-refractivity contribution in [3.63, 3.8) is 0 Å². The SMILES string of the molecule is Cc1noc(C)c1CCC(=O)N1CCCc2cc(F)c(F)cc21. The van der Waals surface area contributed by atoms with E-state index in [-0.39, 0.29) is 12.3 Å². The number of hydrogen-bond donors (Lipinski definition) is 0. The predicted molar refractivity (Wildman–Crippen MR) is 81.3 cm³/mol.